The van der Waals surface area contributed by atoms with Gasteiger partial charge in [0.1, 0.15) is 5.82 Å². The van der Waals surface area contributed by atoms with Gasteiger partial charge in [-0.3, -0.25) is 4.79 Å². The maximum atomic E-state index is 14.3. The van der Waals surface area contributed by atoms with Crippen molar-refractivity contribution in [3.8, 4) is 17.2 Å². The molecule has 1 atom stereocenters. The van der Waals surface area contributed by atoms with E-state index < -0.39 is 0 Å². The minimum Gasteiger partial charge on any atom is -0.366 e. The molecular weight excluding hydrogens is 562 g/mol. The van der Waals surface area contributed by atoms with Crippen LogP contribution >= 0.6 is 15.9 Å². The molecule has 2 fully saturated rings. The summed E-state index contributed by atoms with van der Waals surface area (Å²) in [6, 6.07) is 26.2. The summed E-state index contributed by atoms with van der Waals surface area (Å²) in [5.74, 6) is 0.772. The number of fused-ring (bicyclic) bond motifs is 1. The molecule has 6 nitrogen and oxygen atoms in total. The molecular formula is C33H32BrN5O. The number of amides is 1. The Morgan fingerprint density at radius 1 is 0.975 bits per heavy atom. The Kier molecular flexibility index (Phi) is 7.81. The van der Waals surface area contributed by atoms with E-state index in [-0.39, 0.29) is 11.9 Å². The number of hydrogen-bond acceptors (Lipinski definition) is 5. The molecule has 3 heterocycles. The first-order valence-corrected chi connectivity index (χ1v) is 14.8. The molecule has 1 amide bonds. The van der Waals surface area contributed by atoms with Crippen molar-refractivity contribution >= 4 is 38.6 Å². The number of aromatic nitrogens is 1. The molecule has 2 saturated heterocycles. The van der Waals surface area contributed by atoms with Crippen LogP contribution in [0.15, 0.2) is 77.3 Å². The van der Waals surface area contributed by atoms with Gasteiger partial charge in [0.2, 0.25) is 0 Å². The molecule has 0 spiro atoms. The highest BCUT2D eigenvalue weighted by Gasteiger charge is 2.32. The average Bonchev–Trinajstić information content (AvgIpc) is 3.68. The summed E-state index contributed by atoms with van der Waals surface area (Å²) >= 11 is 3.55. The summed E-state index contributed by atoms with van der Waals surface area (Å²) in [4.78, 5) is 23.8. The van der Waals surface area contributed by atoms with Crippen LogP contribution in [0.2, 0.25) is 0 Å². The van der Waals surface area contributed by atoms with Crippen LogP contribution in [-0.2, 0) is 6.54 Å². The molecule has 0 bridgehead atoms. The minimum atomic E-state index is 0.0802. The Labute approximate surface area is 243 Å². The topological polar surface area (TPSA) is 72.3 Å². The molecule has 4 aromatic rings. The van der Waals surface area contributed by atoms with Gasteiger partial charge in [0.05, 0.1) is 22.7 Å². The van der Waals surface area contributed by atoms with E-state index >= 15 is 0 Å². The van der Waals surface area contributed by atoms with Crippen molar-refractivity contribution in [2.75, 3.05) is 31.5 Å². The zero-order valence-corrected chi connectivity index (χ0v) is 24.0. The first-order chi connectivity index (χ1) is 19.6. The summed E-state index contributed by atoms with van der Waals surface area (Å²) in [5, 5.41) is 13.5. The van der Waals surface area contributed by atoms with Crippen molar-refractivity contribution < 1.29 is 4.79 Å². The summed E-state index contributed by atoms with van der Waals surface area (Å²) in [7, 11) is 0. The van der Waals surface area contributed by atoms with Gasteiger partial charge in [-0.1, -0.05) is 46.3 Å². The number of benzene rings is 3. The molecule has 6 rings (SSSR count). The van der Waals surface area contributed by atoms with Crippen LogP contribution in [-0.4, -0.2) is 52.9 Å². The zero-order valence-electron chi connectivity index (χ0n) is 22.4. The lowest BCUT2D eigenvalue weighted by atomic mass is 9.99. The number of nitrogens with one attached hydrogen (secondary N) is 1. The van der Waals surface area contributed by atoms with Crippen molar-refractivity contribution in [1.82, 2.24) is 14.8 Å². The van der Waals surface area contributed by atoms with Crippen molar-refractivity contribution in [2.24, 2.45) is 0 Å². The third-order valence-corrected chi connectivity index (χ3v) is 8.55. The lowest BCUT2D eigenvalue weighted by Crippen LogP contribution is -2.42. The van der Waals surface area contributed by atoms with Gasteiger partial charge in [-0.05, 0) is 97.9 Å². The van der Waals surface area contributed by atoms with Crippen molar-refractivity contribution in [2.45, 2.75) is 38.3 Å². The van der Waals surface area contributed by atoms with E-state index in [9.17, 15) is 10.1 Å². The van der Waals surface area contributed by atoms with E-state index in [1.807, 2.05) is 54.6 Å². The van der Waals surface area contributed by atoms with Crippen LogP contribution in [0.3, 0.4) is 0 Å². The zero-order chi connectivity index (χ0) is 27.5. The largest absolute Gasteiger partial charge is 0.366 e. The number of carbonyl (C=O) groups excluding carboxylic acids is 1. The second-order valence-electron chi connectivity index (χ2n) is 10.8. The number of anilines is 1. The Balaban J connectivity index is 1.36. The molecule has 0 unspecified atom stereocenters. The van der Waals surface area contributed by atoms with E-state index in [0.717, 1.165) is 71.1 Å². The Bertz CT molecular complexity index is 1570. The molecule has 1 aromatic heterocycles. The van der Waals surface area contributed by atoms with Crippen LogP contribution in [0, 0.1) is 11.3 Å². The lowest BCUT2D eigenvalue weighted by molar-refractivity contribution is 0.0710. The van der Waals surface area contributed by atoms with Gasteiger partial charge in [-0.25, -0.2) is 4.98 Å². The van der Waals surface area contributed by atoms with Gasteiger partial charge in [0.25, 0.3) is 5.91 Å². The van der Waals surface area contributed by atoms with Crippen molar-refractivity contribution in [3.63, 3.8) is 0 Å². The number of halogens is 1. The van der Waals surface area contributed by atoms with Gasteiger partial charge in [0.15, 0.2) is 0 Å². The molecule has 0 saturated carbocycles. The fourth-order valence-corrected chi connectivity index (χ4v) is 6.41. The molecule has 1 N–H and O–H groups in total. The number of nitriles is 1. The Morgan fingerprint density at radius 3 is 2.55 bits per heavy atom. The highest BCUT2D eigenvalue weighted by molar-refractivity contribution is 9.10. The van der Waals surface area contributed by atoms with Crippen molar-refractivity contribution in [1.29, 1.82) is 5.26 Å². The average molecular weight is 595 g/mol. The molecule has 3 aromatic carbocycles. The van der Waals surface area contributed by atoms with Gasteiger partial charge >= 0.3 is 0 Å². The van der Waals surface area contributed by atoms with Crippen LogP contribution < -0.4 is 5.32 Å². The quantitative estimate of drug-likeness (QED) is 0.254. The van der Waals surface area contributed by atoms with Gasteiger partial charge in [-0.2, -0.15) is 5.26 Å². The normalized spacial score (nSPS) is 17.3. The van der Waals surface area contributed by atoms with E-state index in [4.69, 9.17) is 4.98 Å². The van der Waals surface area contributed by atoms with E-state index in [1.54, 1.807) is 0 Å². The maximum absolute atomic E-state index is 14.3. The SMILES string of the molecule is N#Cc1ccc(-c2ccc3nc(NCc4cccc(Br)c4)cc(C(=O)N4CCC[C@H]4CN4CCCC4)c3c2)cc1. The molecule has 0 aliphatic carbocycles. The fraction of sp³-hybridized carbons (Fsp3) is 0.303. The monoisotopic (exact) mass is 593 g/mol. The molecule has 202 valence electrons. The number of nitrogens with zero attached hydrogens (tertiary/aromatic N) is 4. The molecule has 40 heavy (non-hydrogen) atoms. The van der Waals surface area contributed by atoms with Crippen LogP contribution in [0.25, 0.3) is 22.0 Å². The third-order valence-electron chi connectivity index (χ3n) is 8.05. The predicted molar refractivity (Wildman–Crippen MR) is 163 cm³/mol. The number of rotatable bonds is 7. The summed E-state index contributed by atoms with van der Waals surface area (Å²) < 4.78 is 1.03. The predicted octanol–water partition coefficient (Wildman–Crippen LogP) is 6.85. The Hall–Kier alpha value is -3.73. The van der Waals surface area contributed by atoms with Crippen LogP contribution in [0.5, 0.6) is 0 Å². The second kappa shape index (κ2) is 11.8. The van der Waals surface area contributed by atoms with Crippen LogP contribution in [0.1, 0.15) is 47.2 Å². The third kappa shape index (κ3) is 5.74. The Morgan fingerprint density at radius 2 is 1.77 bits per heavy atom. The van der Waals surface area contributed by atoms with Crippen molar-refractivity contribution in [3.05, 3.63) is 94.0 Å². The molecule has 2 aliphatic heterocycles. The van der Waals surface area contributed by atoms with E-state index in [2.05, 4.69) is 55.3 Å². The first-order valence-electron chi connectivity index (χ1n) is 14.0. The lowest BCUT2D eigenvalue weighted by Gasteiger charge is -2.29. The standard InChI is InChI=1S/C33H32BrN5O/c34-27-6-3-5-24(17-27)21-36-32-19-30(33(40)39-16-4-7-28(39)22-38-14-1-2-15-38)29-18-26(12-13-31(29)37-32)25-10-8-23(20-35)9-11-25/h3,5-6,8-13,17-19,28H,1-2,4,7,14-16,21-22H2,(H,36,37)/t28-/m0/s1. The van der Waals surface area contributed by atoms with E-state index in [1.165, 1.54) is 12.8 Å². The second-order valence-corrected chi connectivity index (χ2v) is 11.7. The van der Waals surface area contributed by atoms with E-state index in [0.29, 0.717) is 23.5 Å². The summed E-state index contributed by atoms with van der Waals surface area (Å²) in [5.41, 5.74) is 5.23. The first kappa shape index (κ1) is 26.5. The van der Waals surface area contributed by atoms with Gasteiger partial charge in [0, 0.05) is 35.5 Å². The molecule has 2 aliphatic rings. The highest BCUT2D eigenvalue weighted by Crippen LogP contribution is 2.31. The van der Waals surface area contributed by atoms with Gasteiger partial charge < -0.3 is 15.1 Å². The summed E-state index contributed by atoms with van der Waals surface area (Å²) in [6.07, 6.45) is 4.59. The smallest absolute Gasteiger partial charge is 0.254 e. The number of carbonyl (C=O) groups is 1. The molecule has 0 radical (unpaired) electrons. The van der Waals surface area contributed by atoms with Gasteiger partial charge in [-0.15, -0.1) is 0 Å². The number of hydrogen-bond donors (Lipinski definition) is 1. The number of likely N-dealkylation sites (tertiary alicyclic amines) is 2. The highest BCUT2D eigenvalue weighted by atomic mass is 79.9. The van der Waals surface area contributed by atoms with Crippen LogP contribution in [0.4, 0.5) is 5.82 Å². The minimum absolute atomic E-state index is 0.0802. The summed E-state index contributed by atoms with van der Waals surface area (Å²) in [6.45, 7) is 4.62. The maximum Gasteiger partial charge on any atom is 0.254 e. The number of pyridine rings is 1. The molecule has 7 heteroatoms. The fourth-order valence-electron chi connectivity index (χ4n) is 5.96.